The summed E-state index contributed by atoms with van der Waals surface area (Å²) < 4.78 is 5.51. The first kappa shape index (κ1) is 9.19. The molecule has 0 bridgehead atoms. The van der Waals surface area contributed by atoms with Crippen LogP contribution in [0.15, 0.2) is 24.3 Å². The smallest absolute Gasteiger partial charge is 0.103 e. The molecule has 1 aromatic rings. The van der Waals surface area contributed by atoms with Gasteiger partial charge in [0.2, 0.25) is 0 Å². The Morgan fingerprint density at radius 2 is 2.27 bits per heavy atom. The highest BCUT2D eigenvalue weighted by molar-refractivity contribution is 5.58. The fourth-order valence-corrected chi connectivity index (χ4v) is 2.44. The summed E-state index contributed by atoms with van der Waals surface area (Å²) in [6.07, 6.45) is 1.52. The fraction of sp³-hybridized carbons (Fsp3) is 0.500. The van der Waals surface area contributed by atoms with Crippen molar-refractivity contribution in [3.05, 3.63) is 29.8 Å². The number of anilines is 1. The van der Waals surface area contributed by atoms with Gasteiger partial charge in [-0.2, -0.15) is 0 Å². The molecule has 80 valence electrons. The van der Waals surface area contributed by atoms with Crippen molar-refractivity contribution in [3.8, 4) is 0 Å². The summed E-state index contributed by atoms with van der Waals surface area (Å²) in [7, 11) is 0. The molecule has 1 unspecified atom stereocenters. The Bertz CT molecular complexity index is 347. The zero-order valence-electron chi connectivity index (χ0n) is 8.78. The van der Waals surface area contributed by atoms with Gasteiger partial charge in [0.1, 0.15) is 6.17 Å². The van der Waals surface area contributed by atoms with E-state index in [0.29, 0.717) is 6.17 Å². The molecule has 0 spiro atoms. The van der Waals surface area contributed by atoms with Crippen molar-refractivity contribution in [1.82, 2.24) is 5.32 Å². The third-order valence-corrected chi connectivity index (χ3v) is 3.20. The minimum atomic E-state index is 0.363. The van der Waals surface area contributed by atoms with E-state index in [1.165, 1.54) is 11.3 Å². The van der Waals surface area contributed by atoms with Crippen molar-refractivity contribution < 1.29 is 4.74 Å². The molecule has 2 heterocycles. The quantitative estimate of drug-likeness (QED) is 0.738. The number of fused-ring (bicyclic) bond motifs is 1. The van der Waals surface area contributed by atoms with E-state index in [9.17, 15) is 0 Å². The topological polar surface area (TPSA) is 24.5 Å². The molecule has 1 N–H and O–H groups in total. The number of hydrogen-bond acceptors (Lipinski definition) is 3. The first-order valence-electron chi connectivity index (χ1n) is 5.61. The monoisotopic (exact) mass is 204 g/mol. The van der Waals surface area contributed by atoms with Gasteiger partial charge in [-0.05, 0) is 18.1 Å². The van der Waals surface area contributed by atoms with Crippen LogP contribution in [-0.4, -0.2) is 32.5 Å². The molecule has 1 aromatic carbocycles. The SMILES string of the molecule is c1ccc2c(c1)CCN2C1COCCN1. The average molecular weight is 204 g/mol. The predicted octanol–water partition coefficient (Wildman–Crippen LogP) is 0.995. The van der Waals surface area contributed by atoms with Crippen molar-refractivity contribution in [3.63, 3.8) is 0 Å². The van der Waals surface area contributed by atoms with Crippen molar-refractivity contribution in [2.45, 2.75) is 12.6 Å². The highest BCUT2D eigenvalue weighted by Crippen LogP contribution is 2.28. The Kier molecular flexibility index (Phi) is 2.35. The van der Waals surface area contributed by atoms with Gasteiger partial charge in [-0.3, -0.25) is 5.32 Å². The number of rotatable bonds is 1. The molecule has 3 nitrogen and oxygen atoms in total. The number of nitrogens with one attached hydrogen (secondary N) is 1. The lowest BCUT2D eigenvalue weighted by atomic mass is 10.2. The lowest BCUT2D eigenvalue weighted by Crippen LogP contribution is -2.52. The molecule has 3 heteroatoms. The second kappa shape index (κ2) is 3.83. The summed E-state index contributed by atoms with van der Waals surface area (Å²) in [4.78, 5) is 2.43. The molecular formula is C12H16N2O. The van der Waals surface area contributed by atoms with Crippen LogP contribution < -0.4 is 10.2 Å². The summed E-state index contributed by atoms with van der Waals surface area (Å²) in [5, 5.41) is 3.50. The minimum absolute atomic E-state index is 0.363. The lowest BCUT2D eigenvalue weighted by Gasteiger charge is -2.33. The van der Waals surface area contributed by atoms with Crippen molar-refractivity contribution in [1.29, 1.82) is 0 Å². The molecule has 1 atom stereocenters. The van der Waals surface area contributed by atoms with Crippen LogP contribution in [0.25, 0.3) is 0 Å². The molecule has 15 heavy (non-hydrogen) atoms. The molecule has 0 radical (unpaired) electrons. The molecule has 0 saturated carbocycles. The zero-order chi connectivity index (χ0) is 10.1. The first-order chi connectivity index (χ1) is 7.45. The second-order valence-electron chi connectivity index (χ2n) is 4.12. The number of benzene rings is 1. The zero-order valence-corrected chi connectivity index (χ0v) is 8.78. The van der Waals surface area contributed by atoms with E-state index >= 15 is 0 Å². The summed E-state index contributed by atoms with van der Waals surface area (Å²) >= 11 is 0. The van der Waals surface area contributed by atoms with Gasteiger partial charge in [0, 0.05) is 18.8 Å². The predicted molar refractivity (Wildman–Crippen MR) is 60.1 cm³/mol. The van der Waals surface area contributed by atoms with E-state index in [0.717, 1.165) is 32.7 Å². The van der Waals surface area contributed by atoms with Crippen LogP contribution in [0.5, 0.6) is 0 Å². The number of nitrogens with zero attached hydrogens (tertiary/aromatic N) is 1. The third-order valence-electron chi connectivity index (χ3n) is 3.20. The van der Waals surface area contributed by atoms with Gasteiger partial charge in [-0.1, -0.05) is 18.2 Å². The molecule has 0 aromatic heterocycles. The average Bonchev–Trinajstić information content (AvgIpc) is 2.74. The van der Waals surface area contributed by atoms with Crippen LogP contribution in [0, 0.1) is 0 Å². The van der Waals surface area contributed by atoms with Crippen LogP contribution in [0.3, 0.4) is 0 Å². The Morgan fingerprint density at radius 3 is 3.13 bits per heavy atom. The summed E-state index contributed by atoms with van der Waals surface area (Å²) in [6.45, 7) is 3.71. The second-order valence-corrected chi connectivity index (χ2v) is 4.12. The molecule has 0 aliphatic carbocycles. The van der Waals surface area contributed by atoms with Gasteiger partial charge in [0.05, 0.1) is 13.2 Å². The van der Waals surface area contributed by atoms with E-state index in [1.54, 1.807) is 0 Å². The van der Waals surface area contributed by atoms with Crippen LogP contribution in [0.2, 0.25) is 0 Å². The number of morpholine rings is 1. The standard InChI is InChI=1S/C12H16N2O/c1-2-4-11-10(3-1)5-7-14(11)12-9-15-8-6-13-12/h1-4,12-13H,5-9H2. The van der Waals surface area contributed by atoms with Gasteiger partial charge < -0.3 is 9.64 Å². The molecule has 1 saturated heterocycles. The number of para-hydroxylation sites is 1. The summed E-state index contributed by atoms with van der Waals surface area (Å²) in [5.41, 5.74) is 2.84. The Balaban J connectivity index is 1.83. The van der Waals surface area contributed by atoms with E-state index in [2.05, 4.69) is 34.5 Å². The normalized spacial score (nSPS) is 25.3. The Morgan fingerprint density at radius 1 is 1.33 bits per heavy atom. The molecule has 2 aliphatic rings. The Hall–Kier alpha value is -1.06. The maximum Gasteiger partial charge on any atom is 0.103 e. The maximum absolute atomic E-state index is 5.51. The van der Waals surface area contributed by atoms with Gasteiger partial charge in [0.15, 0.2) is 0 Å². The minimum Gasteiger partial charge on any atom is -0.377 e. The van der Waals surface area contributed by atoms with Crippen LogP contribution in [-0.2, 0) is 11.2 Å². The van der Waals surface area contributed by atoms with Gasteiger partial charge in [-0.25, -0.2) is 0 Å². The molecule has 1 fully saturated rings. The molecule has 0 amide bonds. The van der Waals surface area contributed by atoms with Crippen molar-refractivity contribution >= 4 is 5.69 Å². The summed E-state index contributed by atoms with van der Waals surface area (Å²) in [5.74, 6) is 0. The van der Waals surface area contributed by atoms with E-state index < -0.39 is 0 Å². The molecule has 3 rings (SSSR count). The lowest BCUT2D eigenvalue weighted by molar-refractivity contribution is 0.0762. The van der Waals surface area contributed by atoms with Crippen LogP contribution >= 0.6 is 0 Å². The summed E-state index contributed by atoms with van der Waals surface area (Å²) in [6, 6.07) is 8.66. The number of hydrogen-bond donors (Lipinski definition) is 1. The number of ether oxygens (including phenoxy) is 1. The van der Waals surface area contributed by atoms with E-state index in [4.69, 9.17) is 4.74 Å². The van der Waals surface area contributed by atoms with Crippen molar-refractivity contribution in [2.24, 2.45) is 0 Å². The van der Waals surface area contributed by atoms with Crippen LogP contribution in [0.4, 0.5) is 5.69 Å². The van der Waals surface area contributed by atoms with E-state index in [1.807, 2.05) is 0 Å². The largest absolute Gasteiger partial charge is 0.377 e. The maximum atomic E-state index is 5.51. The van der Waals surface area contributed by atoms with E-state index in [-0.39, 0.29) is 0 Å². The Labute approximate surface area is 90.0 Å². The van der Waals surface area contributed by atoms with Crippen molar-refractivity contribution in [2.75, 3.05) is 31.2 Å². The highest BCUT2D eigenvalue weighted by atomic mass is 16.5. The van der Waals surface area contributed by atoms with Crippen LogP contribution in [0.1, 0.15) is 5.56 Å². The van der Waals surface area contributed by atoms with Gasteiger partial charge >= 0.3 is 0 Å². The third kappa shape index (κ3) is 1.62. The molecular weight excluding hydrogens is 188 g/mol. The fourth-order valence-electron chi connectivity index (χ4n) is 2.44. The van der Waals surface area contributed by atoms with Gasteiger partial charge in [-0.15, -0.1) is 0 Å². The first-order valence-corrected chi connectivity index (χ1v) is 5.61. The highest BCUT2D eigenvalue weighted by Gasteiger charge is 2.26. The van der Waals surface area contributed by atoms with Gasteiger partial charge in [0.25, 0.3) is 0 Å². The molecule has 2 aliphatic heterocycles.